The van der Waals surface area contributed by atoms with E-state index in [0.29, 0.717) is 10.6 Å². The van der Waals surface area contributed by atoms with Gasteiger partial charge in [-0.2, -0.15) is 0 Å². The topological polar surface area (TPSA) is 98.5 Å². The smallest absolute Gasteiger partial charge is 0.331 e. The fraction of sp³-hybridized carbons (Fsp3) is 0.286. The molecule has 28 heavy (non-hydrogen) atoms. The summed E-state index contributed by atoms with van der Waals surface area (Å²) in [6.45, 7) is 3.46. The number of nitrogens with two attached hydrogens (primary N) is 1. The van der Waals surface area contributed by atoms with E-state index in [4.69, 9.17) is 10.5 Å². The molecule has 1 heterocycles. The largest absolute Gasteiger partial charge is 0.449 e. The summed E-state index contributed by atoms with van der Waals surface area (Å²) in [5.41, 5.74) is 8.78. The normalized spacial score (nSPS) is 13.9. The first-order chi connectivity index (χ1) is 13.3. The number of fused-ring (bicyclic) bond motifs is 1. The van der Waals surface area contributed by atoms with Gasteiger partial charge in [0.1, 0.15) is 5.00 Å². The van der Waals surface area contributed by atoms with Crippen LogP contribution in [0, 0.1) is 6.92 Å². The number of hydrogen-bond acceptors (Lipinski definition) is 5. The van der Waals surface area contributed by atoms with E-state index in [1.54, 1.807) is 6.08 Å². The predicted octanol–water partition coefficient (Wildman–Crippen LogP) is 3.23. The molecule has 1 atom stereocenters. The number of ether oxygens (including phenoxy) is 1. The fourth-order valence-electron chi connectivity index (χ4n) is 3.08. The van der Waals surface area contributed by atoms with Crippen LogP contribution in [0.25, 0.3) is 6.08 Å². The molecule has 1 aliphatic carbocycles. The van der Waals surface area contributed by atoms with E-state index in [1.807, 2.05) is 31.2 Å². The summed E-state index contributed by atoms with van der Waals surface area (Å²) in [6, 6.07) is 7.65. The van der Waals surface area contributed by atoms with Crippen LogP contribution < -0.4 is 11.1 Å². The van der Waals surface area contributed by atoms with Gasteiger partial charge in [0.2, 0.25) is 0 Å². The molecule has 0 saturated heterocycles. The van der Waals surface area contributed by atoms with Gasteiger partial charge in [0, 0.05) is 11.0 Å². The Kier molecular flexibility index (Phi) is 5.94. The van der Waals surface area contributed by atoms with Crippen molar-refractivity contribution < 1.29 is 19.1 Å². The van der Waals surface area contributed by atoms with Gasteiger partial charge in [-0.25, -0.2) is 4.79 Å². The third kappa shape index (κ3) is 4.48. The van der Waals surface area contributed by atoms with E-state index in [1.165, 1.54) is 24.3 Å². The van der Waals surface area contributed by atoms with Crippen LogP contribution in [0.2, 0.25) is 0 Å². The Balaban J connectivity index is 1.61. The number of benzene rings is 1. The van der Waals surface area contributed by atoms with E-state index in [-0.39, 0.29) is 0 Å². The van der Waals surface area contributed by atoms with E-state index in [0.717, 1.165) is 40.8 Å². The number of carbonyl (C=O) groups excluding carboxylic acids is 3. The van der Waals surface area contributed by atoms with Crippen molar-refractivity contribution in [3.63, 3.8) is 0 Å². The Labute approximate surface area is 167 Å². The van der Waals surface area contributed by atoms with Gasteiger partial charge in [-0.1, -0.05) is 29.8 Å². The minimum absolute atomic E-state index is 0.378. The number of anilines is 1. The molecule has 2 amide bonds. The van der Waals surface area contributed by atoms with Crippen LogP contribution in [0.5, 0.6) is 0 Å². The Morgan fingerprint density at radius 2 is 1.93 bits per heavy atom. The number of rotatable bonds is 6. The second kappa shape index (κ2) is 8.39. The SMILES string of the molecule is Cc1ccc(/C=C/C(=O)O[C@H](C)C(=O)Nc2sc3c(c2C(N)=O)CCC3)cc1. The first-order valence-corrected chi connectivity index (χ1v) is 9.87. The van der Waals surface area contributed by atoms with Gasteiger partial charge in [-0.05, 0) is 50.3 Å². The molecule has 3 N–H and O–H groups in total. The Hall–Kier alpha value is -2.93. The summed E-state index contributed by atoms with van der Waals surface area (Å²) < 4.78 is 5.16. The van der Waals surface area contributed by atoms with E-state index >= 15 is 0 Å². The van der Waals surface area contributed by atoms with E-state index in [9.17, 15) is 14.4 Å². The van der Waals surface area contributed by atoms with Gasteiger partial charge in [0.05, 0.1) is 5.56 Å². The number of primary amides is 1. The quantitative estimate of drug-likeness (QED) is 0.576. The summed E-state index contributed by atoms with van der Waals surface area (Å²) in [4.78, 5) is 37.3. The van der Waals surface area contributed by atoms with Gasteiger partial charge < -0.3 is 15.8 Å². The molecular formula is C21H22N2O4S. The molecule has 6 nitrogen and oxygen atoms in total. The number of nitrogens with one attached hydrogen (secondary N) is 1. The maximum Gasteiger partial charge on any atom is 0.331 e. The van der Waals surface area contributed by atoms with Crippen LogP contribution in [-0.4, -0.2) is 23.9 Å². The van der Waals surface area contributed by atoms with Crippen LogP contribution in [0.1, 0.15) is 45.3 Å². The predicted molar refractivity (Wildman–Crippen MR) is 109 cm³/mol. The average Bonchev–Trinajstić information content (AvgIpc) is 3.21. The molecule has 0 radical (unpaired) electrons. The number of esters is 1. The highest BCUT2D eigenvalue weighted by Gasteiger charge is 2.27. The zero-order valence-corrected chi connectivity index (χ0v) is 16.6. The molecule has 1 aliphatic rings. The molecule has 0 saturated carbocycles. The van der Waals surface area contributed by atoms with Crippen molar-refractivity contribution in [2.75, 3.05) is 5.32 Å². The highest BCUT2D eigenvalue weighted by Crippen LogP contribution is 2.38. The van der Waals surface area contributed by atoms with Crippen molar-refractivity contribution in [1.29, 1.82) is 0 Å². The zero-order chi connectivity index (χ0) is 20.3. The molecule has 1 aromatic heterocycles. The van der Waals surface area contributed by atoms with Gasteiger partial charge in [0.15, 0.2) is 6.10 Å². The van der Waals surface area contributed by atoms with Crippen molar-refractivity contribution >= 4 is 40.2 Å². The summed E-state index contributed by atoms with van der Waals surface area (Å²) in [7, 11) is 0. The van der Waals surface area contributed by atoms with Crippen LogP contribution in [0.3, 0.4) is 0 Å². The maximum atomic E-state index is 12.4. The second-order valence-electron chi connectivity index (χ2n) is 6.74. The van der Waals surface area contributed by atoms with Gasteiger partial charge in [-0.15, -0.1) is 11.3 Å². The zero-order valence-electron chi connectivity index (χ0n) is 15.8. The Bertz CT molecular complexity index is 944. The van der Waals surface area contributed by atoms with Crippen molar-refractivity contribution in [1.82, 2.24) is 0 Å². The monoisotopic (exact) mass is 398 g/mol. The summed E-state index contributed by atoms with van der Waals surface area (Å²) in [5, 5.41) is 3.11. The minimum atomic E-state index is -1.01. The number of hydrogen-bond donors (Lipinski definition) is 2. The molecule has 146 valence electrons. The molecule has 7 heteroatoms. The first kappa shape index (κ1) is 19.8. The highest BCUT2D eigenvalue weighted by molar-refractivity contribution is 7.17. The van der Waals surface area contributed by atoms with Crippen molar-refractivity contribution in [2.24, 2.45) is 5.73 Å². The third-order valence-electron chi connectivity index (χ3n) is 4.56. The molecule has 0 bridgehead atoms. The molecule has 0 unspecified atom stereocenters. The standard InChI is InChI=1S/C21H22N2O4S/c1-12-6-8-14(9-7-12)10-11-17(24)27-13(2)20(26)23-21-18(19(22)25)15-4-3-5-16(15)28-21/h6-11,13H,3-5H2,1-2H3,(H2,22,25)(H,23,26)/b11-10+/t13-/m1/s1. The molecule has 2 aromatic rings. The first-order valence-electron chi connectivity index (χ1n) is 9.05. The number of aryl methyl sites for hydroxylation is 2. The highest BCUT2D eigenvalue weighted by atomic mass is 32.1. The molecule has 0 fully saturated rings. The van der Waals surface area contributed by atoms with Crippen molar-refractivity contribution in [3.8, 4) is 0 Å². The fourth-order valence-corrected chi connectivity index (χ4v) is 4.37. The van der Waals surface area contributed by atoms with Crippen LogP contribution in [0.4, 0.5) is 5.00 Å². The summed E-state index contributed by atoms with van der Waals surface area (Å²) in [5.74, 6) is -1.67. The molecule has 1 aromatic carbocycles. The number of amides is 2. The van der Waals surface area contributed by atoms with Crippen LogP contribution in [-0.2, 0) is 27.2 Å². The lowest BCUT2D eigenvalue weighted by atomic mass is 10.1. The van der Waals surface area contributed by atoms with Crippen LogP contribution >= 0.6 is 11.3 Å². The Morgan fingerprint density at radius 3 is 2.61 bits per heavy atom. The minimum Gasteiger partial charge on any atom is -0.449 e. The summed E-state index contributed by atoms with van der Waals surface area (Å²) >= 11 is 1.36. The number of thiophene rings is 1. The molecule has 0 spiro atoms. The summed E-state index contributed by atoms with van der Waals surface area (Å²) in [6.07, 6.45) is 4.55. The van der Waals surface area contributed by atoms with Gasteiger partial charge >= 0.3 is 5.97 Å². The molecular weight excluding hydrogens is 376 g/mol. The lowest BCUT2D eigenvalue weighted by molar-refractivity contribution is -0.148. The van der Waals surface area contributed by atoms with E-state index in [2.05, 4.69) is 5.32 Å². The average molecular weight is 398 g/mol. The van der Waals surface area contributed by atoms with Gasteiger partial charge in [0.25, 0.3) is 11.8 Å². The molecule has 3 rings (SSSR count). The van der Waals surface area contributed by atoms with Crippen molar-refractivity contribution in [3.05, 3.63) is 57.5 Å². The lowest BCUT2D eigenvalue weighted by Gasteiger charge is -2.12. The second-order valence-corrected chi connectivity index (χ2v) is 7.84. The Morgan fingerprint density at radius 1 is 1.21 bits per heavy atom. The molecule has 0 aliphatic heterocycles. The maximum absolute atomic E-state index is 12.4. The lowest BCUT2D eigenvalue weighted by Crippen LogP contribution is -2.30. The van der Waals surface area contributed by atoms with Crippen LogP contribution in [0.15, 0.2) is 30.3 Å². The third-order valence-corrected chi connectivity index (χ3v) is 5.76. The number of carbonyl (C=O) groups is 3. The van der Waals surface area contributed by atoms with Gasteiger partial charge in [-0.3, -0.25) is 9.59 Å². The van der Waals surface area contributed by atoms with E-state index < -0.39 is 23.9 Å². The van der Waals surface area contributed by atoms with Crippen molar-refractivity contribution in [2.45, 2.75) is 39.2 Å².